The van der Waals surface area contributed by atoms with E-state index in [0.717, 1.165) is 0 Å². The fraction of sp³-hybridized carbons (Fsp3) is 0.176. The maximum atomic E-state index is 2.55. The third kappa shape index (κ3) is 5.37. The predicted octanol–water partition coefficient (Wildman–Crippen LogP) is 7.31. The van der Waals surface area contributed by atoms with Crippen LogP contribution in [-0.2, 0) is 0 Å². The number of rotatable bonds is 7. The molecule has 184 valence electrons. The molecule has 1 aliphatic rings. The highest BCUT2D eigenvalue weighted by atomic mass is 32.1. The topological polar surface area (TPSA) is 0 Å². The van der Waals surface area contributed by atoms with Gasteiger partial charge in [0.15, 0.2) is 0 Å². The van der Waals surface area contributed by atoms with Gasteiger partial charge in [0.05, 0.1) is 0 Å². The Morgan fingerprint density at radius 3 is 1.32 bits per heavy atom. The average Bonchev–Trinajstić information content (AvgIpc) is 3.40. The van der Waals surface area contributed by atoms with Gasteiger partial charge in [0.25, 0.3) is 0 Å². The molecule has 1 heterocycles. The summed E-state index contributed by atoms with van der Waals surface area (Å²) in [4.78, 5) is 1.66. The third-order valence-corrected chi connectivity index (χ3v) is 13.9. The molecule has 0 aliphatic heterocycles. The molecule has 0 radical (unpaired) electrons. The van der Waals surface area contributed by atoms with Crippen LogP contribution in [0.15, 0.2) is 127 Å². The normalized spacial score (nSPS) is 14.3. The van der Waals surface area contributed by atoms with E-state index in [2.05, 4.69) is 138 Å². The van der Waals surface area contributed by atoms with Gasteiger partial charge in [0.2, 0.25) is 0 Å². The van der Waals surface area contributed by atoms with Gasteiger partial charge in [-0.25, -0.2) is 0 Å². The lowest BCUT2D eigenvalue weighted by atomic mass is 9.88. The second-order valence-corrected chi connectivity index (χ2v) is 14.9. The molecule has 1 saturated carbocycles. The summed E-state index contributed by atoms with van der Waals surface area (Å²) in [5, 5.41) is 11.5. The Labute approximate surface area is 227 Å². The van der Waals surface area contributed by atoms with Crippen molar-refractivity contribution >= 4 is 59.0 Å². The zero-order valence-corrected chi connectivity index (χ0v) is 23.6. The summed E-state index contributed by atoms with van der Waals surface area (Å²) in [7, 11) is -1.32. The summed E-state index contributed by atoms with van der Waals surface area (Å²) in [6.07, 6.45) is 6.76. The number of hydrogen-bond acceptors (Lipinski definition) is 1. The highest BCUT2D eigenvalue weighted by Crippen LogP contribution is 2.45. The van der Waals surface area contributed by atoms with Gasteiger partial charge >= 0.3 is 0 Å². The molecule has 0 spiro atoms. The highest BCUT2D eigenvalue weighted by molar-refractivity contribution is 7.86. The van der Waals surface area contributed by atoms with E-state index in [1.807, 2.05) is 0 Å². The smallest absolute Gasteiger partial charge is 0.0166 e. The lowest BCUT2D eigenvalue weighted by molar-refractivity contribution is 0.449. The maximum Gasteiger partial charge on any atom is 0.0166 e. The van der Waals surface area contributed by atoms with Crippen LogP contribution in [0.25, 0.3) is 0 Å². The van der Waals surface area contributed by atoms with E-state index >= 15 is 0 Å². The van der Waals surface area contributed by atoms with Gasteiger partial charge in [0, 0.05) is 20.9 Å². The number of thiophene rings is 1. The van der Waals surface area contributed by atoms with Gasteiger partial charge in [0.1, 0.15) is 0 Å². The van der Waals surface area contributed by atoms with E-state index in [1.54, 1.807) is 15.5 Å². The first-order valence-electron chi connectivity index (χ1n) is 13.3. The standard InChI is InChI=1S/C34H32P2S/c1-6-16-27(17-7-1)34-33(36(30-22-12-4-13-23-30)31-24-14-5-15-25-31)32(26-37-34)35(28-18-8-2-9-19-28)29-20-10-3-11-21-29/h2-5,8-15,18-27H,1,6-7,16-17H2. The SMILES string of the molecule is c1ccc(P(c2ccccc2)c2csc(C3CCCCC3)c2P(c2ccccc2)c2ccccc2)cc1. The number of hydrogen-bond donors (Lipinski definition) is 0. The van der Waals surface area contributed by atoms with Crippen molar-refractivity contribution in [3.63, 3.8) is 0 Å². The lowest BCUT2D eigenvalue weighted by Crippen LogP contribution is -2.34. The van der Waals surface area contributed by atoms with Gasteiger partial charge in [-0.1, -0.05) is 141 Å². The molecule has 0 atom stereocenters. The fourth-order valence-electron chi connectivity index (χ4n) is 5.54. The lowest BCUT2D eigenvalue weighted by Gasteiger charge is -2.29. The minimum absolute atomic E-state index is 0.654. The Hall–Kier alpha value is -2.56. The maximum absolute atomic E-state index is 2.55. The molecule has 3 heteroatoms. The molecule has 6 rings (SSSR count). The van der Waals surface area contributed by atoms with E-state index in [4.69, 9.17) is 0 Å². The second-order valence-electron chi connectivity index (χ2n) is 9.68. The first-order valence-corrected chi connectivity index (χ1v) is 16.9. The first kappa shape index (κ1) is 24.8. The molecular weight excluding hydrogens is 502 g/mol. The fourth-order valence-corrected chi connectivity index (χ4v) is 12.9. The molecule has 0 unspecified atom stereocenters. The van der Waals surface area contributed by atoms with Crippen LogP contribution in [0.3, 0.4) is 0 Å². The van der Waals surface area contributed by atoms with Crippen LogP contribution < -0.4 is 31.8 Å². The third-order valence-electron chi connectivity index (χ3n) is 7.27. The van der Waals surface area contributed by atoms with Crippen LogP contribution in [0.1, 0.15) is 42.9 Å². The van der Waals surface area contributed by atoms with Gasteiger partial charge < -0.3 is 0 Å². The summed E-state index contributed by atoms with van der Waals surface area (Å²) in [6.45, 7) is 0. The minimum atomic E-state index is -0.662. The van der Waals surface area contributed by atoms with Gasteiger partial charge in [-0.05, 0) is 55.8 Å². The van der Waals surface area contributed by atoms with Crippen LogP contribution in [0.4, 0.5) is 0 Å². The van der Waals surface area contributed by atoms with Gasteiger partial charge in [-0.15, -0.1) is 11.3 Å². The van der Waals surface area contributed by atoms with Crippen molar-refractivity contribution < 1.29 is 0 Å². The molecule has 0 bridgehead atoms. The molecular formula is C34H32P2S. The molecule has 1 aliphatic carbocycles. The molecule has 1 fully saturated rings. The zero-order chi connectivity index (χ0) is 24.9. The van der Waals surface area contributed by atoms with E-state index < -0.39 is 15.8 Å². The van der Waals surface area contributed by atoms with Gasteiger partial charge in [-0.3, -0.25) is 0 Å². The minimum Gasteiger partial charge on any atom is -0.147 e. The highest BCUT2D eigenvalue weighted by Gasteiger charge is 2.32. The molecule has 5 aromatic rings. The van der Waals surface area contributed by atoms with Gasteiger partial charge in [-0.2, -0.15) is 0 Å². The summed E-state index contributed by atoms with van der Waals surface area (Å²) in [5.41, 5.74) is 0. The Morgan fingerprint density at radius 2 is 0.892 bits per heavy atom. The monoisotopic (exact) mass is 534 g/mol. The predicted molar refractivity (Wildman–Crippen MR) is 168 cm³/mol. The zero-order valence-electron chi connectivity index (χ0n) is 21.0. The Bertz CT molecular complexity index is 1310. The Balaban J connectivity index is 1.62. The second kappa shape index (κ2) is 11.9. The van der Waals surface area contributed by atoms with Crippen LogP contribution in [0, 0.1) is 0 Å². The molecule has 0 N–H and O–H groups in total. The van der Waals surface area contributed by atoms with Crippen molar-refractivity contribution in [2.45, 2.75) is 38.0 Å². The molecule has 1 aromatic heterocycles. The van der Waals surface area contributed by atoms with E-state index in [0.29, 0.717) is 5.92 Å². The first-order chi connectivity index (χ1) is 18.4. The molecule has 0 saturated heterocycles. The summed E-state index contributed by atoms with van der Waals surface area (Å²) >= 11 is 2.05. The van der Waals surface area contributed by atoms with Crippen molar-refractivity contribution in [2.24, 2.45) is 0 Å². The largest absolute Gasteiger partial charge is 0.147 e. The van der Waals surface area contributed by atoms with Crippen molar-refractivity contribution in [1.29, 1.82) is 0 Å². The van der Waals surface area contributed by atoms with Crippen LogP contribution in [-0.4, -0.2) is 0 Å². The molecule has 0 nitrogen and oxygen atoms in total. The Morgan fingerprint density at radius 1 is 0.486 bits per heavy atom. The summed E-state index contributed by atoms with van der Waals surface area (Å²) in [6, 6.07) is 45.1. The molecule has 37 heavy (non-hydrogen) atoms. The summed E-state index contributed by atoms with van der Waals surface area (Å²) in [5.74, 6) is 0.684. The van der Waals surface area contributed by atoms with E-state index in [1.165, 1.54) is 53.3 Å². The summed E-state index contributed by atoms with van der Waals surface area (Å²) < 4.78 is 0. The number of benzene rings is 4. The van der Waals surface area contributed by atoms with Crippen molar-refractivity contribution in [2.75, 3.05) is 0 Å². The molecule has 0 amide bonds. The van der Waals surface area contributed by atoms with Crippen molar-refractivity contribution in [3.8, 4) is 0 Å². The van der Waals surface area contributed by atoms with E-state index in [-0.39, 0.29) is 0 Å². The molecule has 4 aromatic carbocycles. The van der Waals surface area contributed by atoms with Crippen molar-refractivity contribution in [1.82, 2.24) is 0 Å². The Kier molecular flexibility index (Phi) is 7.95. The van der Waals surface area contributed by atoms with Crippen LogP contribution in [0.5, 0.6) is 0 Å². The quantitative estimate of drug-likeness (QED) is 0.192. The van der Waals surface area contributed by atoms with Crippen LogP contribution >= 0.6 is 27.2 Å². The van der Waals surface area contributed by atoms with Crippen LogP contribution in [0.2, 0.25) is 0 Å². The van der Waals surface area contributed by atoms with Crippen molar-refractivity contribution in [3.05, 3.63) is 132 Å². The average molecular weight is 535 g/mol. The van der Waals surface area contributed by atoms with E-state index in [9.17, 15) is 0 Å².